The number of hydrogen-bond donors (Lipinski definition) is 1. The Morgan fingerprint density at radius 1 is 1.35 bits per heavy atom. The fourth-order valence-electron chi connectivity index (χ4n) is 1.22. The van der Waals surface area contributed by atoms with Gasteiger partial charge in [0.25, 0.3) is 0 Å². The third-order valence-corrected chi connectivity index (χ3v) is 3.47. The van der Waals surface area contributed by atoms with Crippen LogP contribution in [0.5, 0.6) is 0 Å². The minimum atomic E-state index is -3.51. The van der Waals surface area contributed by atoms with Gasteiger partial charge in [0.2, 0.25) is 15.9 Å². The number of nitrogens with zero attached hydrogens (tertiary/aromatic N) is 1. The van der Waals surface area contributed by atoms with Crippen molar-refractivity contribution in [2.75, 3.05) is 24.2 Å². The van der Waals surface area contributed by atoms with Crippen LogP contribution in [-0.2, 0) is 14.8 Å². The Morgan fingerprint density at radius 2 is 1.88 bits per heavy atom. The molecule has 5 nitrogen and oxygen atoms in total. The van der Waals surface area contributed by atoms with Crippen LogP contribution in [-0.4, -0.2) is 34.2 Å². The second kappa shape index (κ2) is 5.37. The lowest BCUT2D eigenvalue weighted by Gasteiger charge is -2.21. The molecule has 0 aliphatic heterocycles. The Bertz CT molecular complexity index is 499. The molecular weight excluding hydrogens is 264 g/mol. The first-order chi connectivity index (χ1) is 7.84. The smallest absolute Gasteiger partial charge is 0.240 e. The third kappa shape index (κ3) is 3.90. The summed E-state index contributed by atoms with van der Waals surface area (Å²) in [5.74, 6) is -0.384. The number of benzene rings is 1. The summed E-state index contributed by atoms with van der Waals surface area (Å²) in [4.78, 5) is 11.3. The van der Waals surface area contributed by atoms with Gasteiger partial charge in [0.1, 0.15) is 6.54 Å². The molecule has 1 N–H and O–H groups in total. The van der Waals surface area contributed by atoms with Crippen molar-refractivity contribution in [2.24, 2.45) is 0 Å². The highest BCUT2D eigenvalue weighted by atomic mass is 35.5. The molecule has 7 heteroatoms. The Kier molecular flexibility index (Phi) is 4.36. The van der Waals surface area contributed by atoms with Gasteiger partial charge in [0.15, 0.2) is 0 Å². The van der Waals surface area contributed by atoms with Gasteiger partial charge in [0, 0.05) is 12.1 Å². The van der Waals surface area contributed by atoms with E-state index in [1.165, 1.54) is 7.05 Å². The molecule has 17 heavy (non-hydrogen) atoms. The molecule has 0 unspecified atom stereocenters. The maximum Gasteiger partial charge on any atom is 0.240 e. The molecule has 0 aliphatic carbocycles. The number of likely N-dealkylation sites (N-methyl/N-ethyl adjacent to an activating group) is 1. The van der Waals surface area contributed by atoms with Gasteiger partial charge in [-0.05, 0) is 24.3 Å². The number of hydrogen-bond acceptors (Lipinski definition) is 3. The highest BCUT2D eigenvalue weighted by Crippen LogP contribution is 2.19. The Labute approximate surface area is 105 Å². The summed E-state index contributed by atoms with van der Waals surface area (Å²) in [5, 5.41) is 2.88. The molecule has 94 valence electrons. The van der Waals surface area contributed by atoms with Crippen molar-refractivity contribution in [3.05, 3.63) is 29.3 Å². The number of amides is 1. The quantitative estimate of drug-likeness (QED) is 0.887. The number of nitrogens with one attached hydrogen (secondary N) is 1. The van der Waals surface area contributed by atoms with Gasteiger partial charge < -0.3 is 5.32 Å². The van der Waals surface area contributed by atoms with Crippen LogP contribution in [0.4, 0.5) is 5.69 Å². The van der Waals surface area contributed by atoms with E-state index in [1.807, 2.05) is 0 Å². The normalized spacial score (nSPS) is 11.0. The summed E-state index contributed by atoms with van der Waals surface area (Å²) in [6, 6.07) is 6.23. The number of carbonyl (C=O) groups excluding carboxylic acids is 1. The van der Waals surface area contributed by atoms with Crippen molar-refractivity contribution in [2.45, 2.75) is 0 Å². The van der Waals surface area contributed by atoms with Crippen LogP contribution >= 0.6 is 11.6 Å². The van der Waals surface area contributed by atoms with E-state index in [4.69, 9.17) is 11.6 Å². The number of halogens is 1. The van der Waals surface area contributed by atoms with E-state index in [0.29, 0.717) is 10.7 Å². The molecule has 0 bridgehead atoms. The average Bonchev–Trinajstić information content (AvgIpc) is 2.25. The molecule has 0 atom stereocenters. The number of anilines is 1. The molecule has 1 aromatic carbocycles. The molecule has 0 heterocycles. The minimum absolute atomic E-state index is 0.253. The van der Waals surface area contributed by atoms with Crippen molar-refractivity contribution in [1.29, 1.82) is 0 Å². The first-order valence-electron chi connectivity index (χ1n) is 4.78. The molecule has 1 amide bonds. The lowest BCUT2D eigenvalue weighted by atomic mass is 10.3. The van der Waals surface area contributed by atoms with Gasteiger partial charge in [-0.25, -0.2) is 8.42 Å². The molecule has 0 saturated carbocycles. The first-order valence-corrected chi connectivity index (χ1v) is 7.01. The second-order valence-electron chi connectivity index (χ2n) is 3.42. The van der Waals surface area contributed by atoms with Crippen LogP contribution in [0.15, 0.2) is 24.3 Å². The van der Waals surface area contributed by atoms with E-state index < -0.39 is 10.0 Å². The van der Waals surface area contributed by atoms with Crippen molar-refractivity contribution in [3.8, 4) is 0 Å². The monoisotopic (exact) mass is 276 g/mol. The highest BCUT2D eigenvalue weighted by molar-refractivity contribution is 7.92. The third-order valence-electron chi connectivity index (χ3n) is 2.08. The average molecular weight is 277 g/mol. The van der Waals surface area contributed by atoms with Crippen LogP contribution in [0.3, 0.4) is 0 Å². The van der Waals surface area contributed by atoms with Crippen LogP contribution in [0.1, 0.15) is 0 Å². The molecule has 0 spiro atoms. The van der Waals surface area contributed by atoms with E-state index in [9.17, 15) is 13.2 Å². The molecule has 0 aliphatic rings. The molecule has 0 fully saturated rings. The molecule has 1 aromatic rings. The number of sulfonamides is 1. The minimum Gasteiger partial charge on any atom is -0.358 e. The van der Waals surface area contributed by atoms with Crippen molar-refractivity contribution >= 4 is 33.2 Å². The van der Waals surface area contributed by atoms with Crippen LogP contribution in [0.2, 0.25) is 5.02 Å². The molecule has 1 rings (SSSR count). The fourth-order valence-corrected chi connectivity index (χ4v) is 2.20. The summed E-state index contributed by atoms with van der Waals surface area (Å²) >= 11 is 5.72. The van der Waals surface area contributed by atoms with Gasteiger partial charge in [-0.1, -0.05) is 11.6 Å². The van der Waals surface area contributed by atoms with E-state index in [2.05, 4.69) is 5.32 Å². The van der Waals surface area contributed by atoms with Crippen LogP contribution in [0, 0.1) is 0 Å². The second-order valence-corrected chi connectivity index (χ2v) is 5.76. The largest absolute Gasteiger partial charge is 0.358 e. The van der Waals surface area contributed by atoms with E-state index >= 15 is 0 Å². The van der Waals surface area contributed by atoms with Gasteiger partial charge in [-0.15, -0.1) is 0 Å². The summed E-state index contributed by atoms with van der Waals surface area (Å²) < 4.78 is 24.2. The van der Waals surface area contributed by atoms with Crippen molar-refractivity contribution < 1.29 is 13.2 Å². The highest BCUT2D eigenvalue weighted by Gasteiger charge is 2.19. The fraction of sp³-hybridized carbons (Fsp3) is 0.300. The summed E-state index contributed by atoms with van der Waals surface area (Å²) in [7, 11) is -2.06. The van der Waals surface area contributed by atoms with Gasteiger partial charge in [-0.3, -0.25) is 9.10 Å². The topological polar surface area (TPSA) is 66.5 Å². The first kappa shape index (κ1) is 13.8. The predicted octanol–water partition coefficient (Wildman–Crippen LogP) is 0.852. The van der Waals surface area contributed by atoms with Gasteiger partial charge in [0.05, 0.1) is 11.9 Å². The maximum atomic E-state index is 11.6. The summed E-state index contributed by atoms with van der Waals surface area (Å²) in [6.45, 7) is -0.253. The zero-order valence-electron chi connectivity index (χ0n) is 9.47. The van der Waals surface area contributed by atoms with Gasteiger partial charge >= 0.3 is 0 Å². The predicted molar refractivity (Wildman–Crippen MR) is 67.7 cm³/mol. The Hall–Kier alpha value is -1.27. The lowest BCUT2D eigenvalue weighted by Crippen LogP contribution is -2.39. The Morgan fingerprint density at radius 3 is 2.29 bits per heavy atom. The standard InChI is InChI=1S/C10H13ClN2O3S/c1-12-10(14)7-13(17(2,15)16)9-5-3-8(11)4-6-9/h3-6H,7H2,1-2H3,(H,12,14). The van der Waals surface area contributed by atoms with E-state index in [0.717, 1.165) is 10.6 Å². The molecule has 0 saturated heterocycles. The lowest BCUT2D eigenvalue weighted by molar-refractivity contribution is -0.119. The molecule has 0 aromatic heterocycles. The van der Waals surface area contributed by atoms with Crippen LogP contribution < -0.4 is 9.62 Å². The SMILES string of the molecule is CNC(=O)CN(c1ccc(Cl)cc1)S(C)(=O)=O. The molecular formula is C10H13ClN2O3S. The number of rotatable bonds is 4. The zero-order valence-corrected chi connectivity index (χ0v) is 11.0. The number of carbonyl (C=O) groups is 1. The summed E-state index contributed by atoms with van der Waals surface area (Å²) in [6.07, 6.45) is 1.05. The van der Waals surface area contributed by atoms with Crippen molar-refractivity contribution in [1.82, 2.24) is 5.32 Å². The molecule has 0 radical (unpaired) electrons. The van der Waals surface area contributed by atoms with Crippen LogP contribution in [0.25, 0.3) is 0 Å². The zero-order chi connectivity index (χ0) is 13.1. The Balaban J connectivity index is 3.07. The van der Waals surface area contributed by atoms with E-state index in [-0.39, 0.29) is 12.5 Å². The maximum absolute atomic E-state index is 11.6. The van der Waals surface area contributed by atoms with Crippen molar-refractivity contribution in [3.63, 3.8) is 0 Å². The van der Waals surface area contributed by atoms with E-state index in [1.54, 1.807) is 24.3 Å². The van der Waals surface area contributed by atoms with Gasteiger partial charge in [-0.2, -0.15) is 0 Å². The summed E-state index contributed by atoms with van der Waals surface area (Å²) in [5.41, 5.74) is 0.403.